The molecule has 26 nitrogen and oxygen atoms in total. The normalized spacial score (nSPS) is 38.2. The minimum Gasteiger partial charge on any atom is -0.462 e. The SMILES string of the molecule is CC(C)[C@H](C(=O)O[C@H](C#N)c1cccc(Oc2ccccc2)c1)c1ccc(Cl)cc1.CC[C@H]1CCC[C@H](O[C@H]2CC[C@H](N(C)C)[C@@H](C)O2)[C@@H](C)C(=O)C2=C[C@@H]3[C@@H](C=C(C)[C@@H]4C[C@@H](O[C@@H]5O[C@@H](C)[C@H](OC)[C@@H](OC)[C@H]5OC)C[C@@H]34)[C@@H]2CC(=O)O1.CC[C@H]1CCC[C@H](O[C@H]2CC[C@H](N(C)C)[C@@H](C)O2)[C@@H](C)C(=O)C2=C[C@@H]3[C@@H](C=C[C@@H]4C[C@@H](O[C@@H]5O[C@@H](C)[C@H](OC)[C@@H](OC)[C@H]5OC)C[C@@H]34)[C@@H]2CC(=O)O1. The smallest absolute Gasteiger partial charge is 0.315 e. The van der Waals surface area contributed by atoms with Crippen molar-refractivity contribution in [3.05, 3.63) is 142 Å². The van der Waals surface area contributed by atoms with Crippen LogP contribution in [0.15, 0.2) is 126 Å². The Hall–Kier alpha value is -6.69. The first-order valence-corrected chi connectivity index (χ1v) is 50.4. The maximum Gasteiger partial charge on any atom is 0.315 e. The van der Waals surface area contributed by atoms with Crippen LogP contribution in [0.5, 0.6) is 11.5 Å². The van der Waals surface area contributed by atoms with Crippen molar-refractivity contribution in [3.8, 4) is 17.6 Å². The number of esters is 3. The molecular weight excluding hydrogens is 1740 g/mol. The highest BCUT2D eigenvalue weighted by atomic mass is 35.5. The summed E-state index contributed by atoms with van der Waals surface area (Å²) in [5, 5.41) is 10.2. The molecule has 6 saturated heterocycles. The predicted octanol–water partition coefficient (Wildman–Crippen LogP) is 18.0. The molecule has 135 heavy (non-hydrogen) atoms. The fourth-order valence-corrected chi connectivity index (χ4v) is 24.5. The molecule has 3 aromatic carbocycles. The largest absolute Gasteiger partial charge is 0.462 e. The zero-order chi connectivity index (χ0) is 96.9. The van der Waals surface area contributed by atoms with Gasteiger partial charge in [-0.3, -0.25) is 24.0 Å². The summed E-state index contributed by atoms with van der Waals surface area (Å²) in [4.78, 5) is 73.8. The van der Waals surface area contributed by atoms with Crippen molar-refractivity contribution in [2.24, 2.45) is 76.9 Å². The van der Waals surface area contributed by atoms with Crippen LogP contribution in [-0.2, 0) is 104 Å². The summed E-state index contributed by atoms with van der Waals surface area (Å²) in [5.74, 6) is 0.318. The Morgan fingerprint density at radius 1 is 0.496 bits per heavy atom. The third-order valence-corrected chi connectivity index (χ3v) is 31.8. The van der Waals surface area contributed by atoms with E-state index >= 15 is 0 Å². The fraction of sp³-hybridized carbons (Fsp3) is 0.704. The molecule has 6 aliphatic heterocycles. The third-order valence-electron chi connectivity index (χ3n) is 31.6. The average Bonchev–Trinajstić information content (AvgIpc) is 1.60. The number of Topliss-reactive ketones (excluding diaryl/α,β-unsaturated/α-hetero) is 2. The minimum atomic E-state index is -1.04. The maximum atomic E-state index is 14.7. The highest BCUT2D eigenvalue weighted by molar-refractivity contribution is 6.30. The zero-order valence-electron chi connectivity index (χ0n) is 83.6. The standard InChI is InChI=1S/C42H67NO10.C41H65NO10.C25H22ClNO3/c1-11-26-13-12-14-35(53-37-16-15-34(43(6)7)24(4)49-37)23(3)38(45)33-20-31-29(32(33)21-36(44)51-26)17-22(2)28-18-27(19-30(28)31)52-42-41(48-10)40(47-9)39(46-8)25(5)50-42;1-10-26-12-11-13-34(52-36-17-16-33(42(5)6)23(3)48-36)22(2)37(44)32-20-30-28(31(32)21-35(43)50-26)15-14-25-18-27(19-29(25)30)51-41-40(47-9)39(46-8)38(45-7)24(4)49-41;1-17(2)24(18-11-13-20(26)14-12-18)25(28)30-23(16-27)19-7-6-10-22(15-19)29-21-8-4-3-5-9-21/h17,20,23-32,34-35,37,39-42H,11-16,18-19,21H2,1-10H3;14-15,20,22-31,33-34,36,38-41H,10-13,16-19,21H2,1-9H3;3-15,17,23-24H,1-2H3/t23-,24-,25+,26+,27-,28+,29-,30-,31-,32+,34+,35+,37+,39+,40-,41-,42+;22-,23-,24+,25-,26+,27-,28-,29-,30-,31+,33+,34+,36+,38+,39-,40-,41+;23-,24+/m111/s1. The Morgan fingerprint density at radius 2 is 0.978 bits per heavy atom. The molecular formula is C108H154ClN3O23. The van der Waals surface area contributed by atoms with Gasteiger partial charge >= 0.3 is 17.9 Å². The number of hydrogen-bond acceptors (Lipinski definition) is 26. The Kier molecular flexibility index (Phi) is 38.1. The highest BCUT2D eigenvalue weighted by Crippen LogP contribution is 2.58. The Labute approximate surface area is 807 Å². The van der Waals surface area contributed by atoms with E-state index < -0.39 is 42.8 Å². The number of methoxy groups -OCH3 is 6. The molecule has 0 amide bonds. The first kappa shape index (κ1) is 106. The molecule has 15 rings (SSSR count). The second-order valence-electron chi connectivity index (χ2n) is 40.7. The number of ketones is 2. The van der Waals surface area contributed by atoms with Gasteiger partial charge in [0.15, 0.2) is 36.7 Å². The third kappa shape index (κ3) is 25.1. The van der Waals surface area contributed by atoms with Crippen LogP contribution < -0.4 is 4.74 Å². The van der Waals surface area contributed by atoms with Crippen molar-refractivity contribution in [2.45, 2.75) is 339 Å². The Morgan fingerprint density at radius 3 is 1.45 bits per heavy atom. The van der Waals surface area contributed by atoms with Gasteiger partial charge in [-0.15, -0.1) is 0 Å². The number of fused-ring (bicyclic) bond motifs is 10. The molecule has 8 fully saturated rings. The number of ether oxygens (including phenoxy) is 18. The molecule has 2 saturated carbocycles. The van der Waals surface area contributed by atoms with Crippen LogP contribution in [0.4, 0.5) is 0 Å². The topological polar surface area (TPSA) is 282 Å². The van der Waals surface area contributed by atoms with Gasteiger partial charge < -0.3 is 95.1 Å². The molecule has 27 heteroatoms. The molecule has 0 unspecified atom stereocenters. The molecule has 0 bridgehead atoms. The minimum absolute atomic E-state index is 0.00855. The number of carbonyl (C=O) groups excluding carboxylic acids is 5. The van der Waals surface area contributed by atoms with Crippen LogP contribution >= 0.6 is 11.6 Å². The second kappa shape index (κ2) is 48.7. The van der Waals surface area contributed by atoms with Gasteiger partial charge in [-0.25, -0.2) is 0 Å². The summed E-state index contributed by atoms with van der Waals surface area (Å²) in [5.41, 5.74) is 4.19. The second-order valence-corrected chi connectivity index (χ2v) is 41.1. The molecule has 746 valence electrons. The summed E-state index contributed by atoms with van der Waals surface area (Å²) in [6.45, 7) is 22.4. The first-order valence-electron chi connectivity index (χ1n) is 50.0. The molecule has 12 aliphatic rings. The highest BCUT2D eigenvalue weighted by Gasteiger charge is 2.57. The maximum absolute atomic E-state index is 14.7. The number of cyclic esters (lactones) is 2. The van der Waals surface area contributed by atoms with Crippen LogP contribution in [-0.4, -0.2) is 245 Å². The quantitative estimate of drug-likeness (QED) is 0.0433. The molecule has 6 aliphatic carbocycles. The van der Waals surface area contributed by atoms with E-state index in [2.05, 4.69) is 109 Å². The first-order chi connectivity index (χ1) is 64.8. The van der Waals surface area contributed by atoms with Gasteiger partial charge in [-0.2, -0.15) is 5.26 Å². The number of benzene rings is 3. The molecule has 36 atom stereocenters. The molecule has 0 spiro atoms. The van der Waals surface area contributed by atoms with E-state index in [1.807, 2.05) is 84.0 Å². The van der Waals surface area contributed by atoms with Crippen LogP contribution in [0.3, 0.4) is 0 Å². The van der Waals surface area contributed by atoms with Gasteiger partial charge in [-0.1, -0.05) is 132 Å². The summed E-state index contributed by atoms with van der Waals surface area (Å²) >= 11 is 5.96. The van der Waals surface area contributed by atoms with Crippen LogP contribution in [0.2, 0.25) is 5.02 Å². The number of likely N-dealkylation sites (N-methyl/N-ethyl adjacent to an activating group) is 2. The number of halogens is 1. The van der Waals surface area contributed by atoms with Crippen molar-refractivity contribution in [1.82, 2.24) is 9.80 Å². The Bertz CT molecular complexity index is 4540. The summed E-state index contributed by atoms with van der Waals surface area (Å²) in [6, 6.07) is 26.2. The van der Waals surface area contributed by atoms with E-state index in [9.17, 15) is 29.2 Å². The van der Waals surface area contributed by atoms with E-state index in [4.69, 9.17) is 96.9 Å². The van der Waals surface area contributed by atoms with E-state index in [0.29, 0.717) is 58.8 Å². The molecule has 0 aromatic heterocycles. The lowest BCUT2D eigenvalue weighted by atomic mass is 9.67. The number of nitriles is 1. The van der Waals surface area contributed by atoms with Gasteiger partial charge in [0.2, 0.25) is 6.10 Å². The van der Waals surface area contributed by atoms with E-state index in [1.165, 1.54) is 5.57 Å². The van der Waals surface area contributed by atoms with E-state index in [0.717, 1.165) is 107 Å². The predicted molar refractivity (Wildman–Crippen MR) is 510 cm³/mol. The number of hydrogen-bond donors (Lipinski definition) is 0. The molecule has 0 N–H and O–H groups in total. The van der Waals surface area contributed by atoms with Crippen molar-refractivity contribution in [2.75, 3.05) is 70.8 Å². The van der Waals surface area contributed by atoms with Gasteiger partial charge in [0.05, 0.1) is 67.6 Å². The fourth-order valence-electron chi connectivity index (χ4n) is 24.4. The number of para-hydroxylation sites is 1. The van der Waals surface area contributed by atoms with Crippen LogP contribution in [0.1, 0.15) is 215 Å². The van der Waals surface area contributed by atoms with E-state index in [1.54, 1.807) is 79.1 Å². The number of allylic oxidation sites excluding steroid dienone is 8. The summed E-state index contributed by atoms with van der Waals surface area (Å²) in [7, 11) is 18.3. The van der Waals surface area contributed by atoms with Gasteiger partial charge in [0.25, 0.3) is 0 Å². The van der Waals surface area contributed by atoms with Gasteiger partial charge in [-0.05, 0) is 272 Å². The lowest BCUT2D eigenvalue weighted by molar-refractivity contribution is -0.314. The molecule has 0 radical (unpaired) electrons. The molecule has 6 heterocycles. The Balaban J connectivity index is 0.000000178. The van der Waals surface area contributed by atoms with Crippen molar-refractivity contribution >= 4 is 41.1 Å². The number of nitrogens with zero attached hydrogens (tertiary/aromatic N) is 3. The average molecular weight is 1900 g/mol. The van der Waals surface area contributed by atoms with Crippen molar-refractivity contribution in [3.63, 3.8) is 0 Å². The van der Waals surface area contributed by atoms with Crippen LogP contribution in [0, 0.1) is 88.3 Å². The lowest BCUT2D eigenvalue weighted by Gasteiger charge is -2.44. The summed E-state index contributed by atoms with van der Waals surface area (Å²) in [6.07, 6.45) is 18.4. The summed E-state index contributed by atoms with van der Waals surface area (Å²) < 4.78 is 111. The van der Waals surface area contributed by atoms with Gasteiger partial charge in [0.1, 0.15) is 66.4 Å². The van der Waals surface area contributed by atoms with E-state index in [-0.39, 0.29) is 199 Å². The monoisotopic (exact) mass is 1900 g/mol. The van der Waals surface area contributed by atoms with Gasteiger partial charge in [0, 0.05) is 89.0 Å². The zero-order valence-corrected chi connectivity index (χ0v) is 84.3. The van der Waals surface area contributed by atoms with Crippen molar-refractivity contribution in [1.29, 1.82) is 5.26 Å². The lowest BCUT2D eigenvalue weighted by Crippen LogP contribution is -2.59. The number of rotatable bonds is 25. The number of carbonyl (C=O) groups is 5. The van der Waals surface area contributed by atoms with Crippen molar-refractivity contribution < 1.29 is 109 Å². The molecule has 3 aromatic rings. The van der Waals surface area contributed by atoms with Crippen LogP contribution in [0.25, 0.3) is 0 Å².